The molecule has 0 bridgehead atoms. The van der Waals surface area contributed by atoms with Gasteiger partial charge in [-0.2, -0.15) is 0 Å². The molecule has 0 aromatic heterocycles. The van der Waals surface area contributed by atoms with E-state index in [-0.39, 0.29) is 13.0 Å². The van der Waals surface area contributed by atoms with Crippen LogP contribution in [-0.2, 0) is 9.53 Å². The van der Waals surface area contributed by atoms with Crippen molar-refractivity contribution in [3.05, 3.63) is 24.3 Å². The second kappa shape index (κ2) is 13.9. The lowest BCUT2D eigenvalue weighted by Crippen LogP contribution is -2.34. The van der Waals surface area contributed by atoms with Crippen molar-refractivity contribution in [2.75, 3.05) is 6.61 Å². The number of hydrogen-bond acceptors (Lipinski definition) is 4. The van der Waals surface area contributed by atoms with Crippen molar-refractivity contribution in [2.24, 2.45) is 17.8 Å². The van der Waals surface area contributed by atoms with Gasteiger partial charge in [0.2, 0.25) is 0 Å². The summed E-state index contributed by atoms with van der Waals surface area (Å²) in [6.07, 6.45) is 21.1. The average Bonchev–Trinajstić information content (AvgIpc) is 3.07. The lowest BCUT2D eigenvalue weighted by molar-refractivity contribution is -0.204. The van der Waals surface area contributed by atoms with E-state index >= 15 is 0 Å². The molecule has 0 aromatic rings. The Morgan fingerprint density at radius 3 is 2.68 bits per heavy atom. The number of allylic oxidation sites excluding steroid dienone is 4. The molecule has 0 spiro atoms. The molecule has 0 radical (unpaired) electrons. The van der Waals surface area contributed by atoms with E-state index in [4.69, 9.17) is 0 Å². The van der Waals surface area contributed by atoms with Crippen LogP contribution in [0, 0.1) is 17.8 Å². The van der Waals surface area contributed by atoms with Crippen molar-refractivity contribution >= 4 is 5.97 Å². The predicted octanol–water partition coefficient (Wildman–Crippen LogP) is 5.54. The van der Waals surface area contributed by atoms with Crippen molar-refractivity contribution in [3.63, 3.8) is 0 Å². The van der Waals surface area contributed by atoms with Gasteiger partial charge in [0.1, 0.15) is 6.61 Å². The van der Waals surface area contributed by atoms with Crippen molar-refractivity contribution in [3.8, 4) is 0 Å². The normalized spacial score (nSPS) is 21.6. The zero-order valence-corrected chi connectivity index (χ0v) is 18.2. The maximum absolute atomic E-state index is 10.7. The van der Waals surface area contributed by atoms with Crippen LogP contribution in [0.25, 0.3) is 0 Å². The minimum Gasteiger partial charge on any atom is -0.460 e. The fourth-order valence-electron chi connectivity index (χ4n) is 4.08. The van der Waals surface area contributed by atoms with Crippen LogP contribution < -0.4 is 0 Å². The first-order chi connectivity index (χ1) is 13.3. The molecule has 0 saturated heterocycles. The first-order valence-electron chi connectivity index (χ1n) is 11.2. The maximum atomic E-state index is 10.7. The molecule has 0 heterocycles. The summed E-state index contributed by atoms with van der Waals surface area (Å²) in [6, 6.07) is 0. The largest absolute Gasteiger partial charge is 0.460 e. The minimum atomic E-state index is -1.92. The van der Waals surface area contributed by atoms with Crippen LogP contribution >= 0.6 is 0 Å². The molecule has 1 aliphatic carbocycles. The van der Waals surface area contributed by atoms with Crippen LogP contribution in [0.1, 0.15) is 91.4 Å². The number of rotatable bonds is 14. The number of esters is 1. The molecule has 1 aliphatic rings. The number of unbranched alkanes of at least 4 members (excludes halogenated alkanes) is 1. The quantitative estimate of drug-likeness (QED) is 0.176. The summed E-state index contributed by atoms with van der Waals surface area (Å²) in [6.45, 7) is 5.51. The van der Waals surface area contributed by atoms with E-state index in [9.17, 15) is 15.0 Å². The molecule has 28 heavy (non-hydrogen) atoms. The molecule has 2 N–H and O–H groups in total. The van der Waals surface area contributed by atoms with Crippen molar-refractivity contribution < 1.29 is 19.7 Å². The van der Waals surface area contributed by atoms with Gasteiger partial charge in [-0.1, -0.05) is 57.4 Å². The Morgan fingerprint density at radius 2 is 1.96 bits per heavy atom. The van der Waals surface area contributed by atoms with Gasteiger partial charge in [0, 0.05) is 13.3 Å². The number of ether oxygens (including phenoxy) is 1. The monoisotopic (exact) mass is 394 g/mol. The molecule has 1 fully saturated rings. The van der Waals surface area contributed by atoms with Gasteiger partial charge in [-0.15, -0.1) is 0 Å². The van der Waals surface area contributed by atoms with Crippen molar-refractivity contribution in [1.29, 1.82) is 0 Å². The standard InChI is InChI=1S/C24H42O4/c1-4-12-20(2)13-8-9-15-23-17-11-16-22(23)14-7-5-6-10-18-24(26,27)19-28-21(3)25/h5,7,9,15,20,22-23,26-27H,4,6,8,10-14,16-19H2,1-3H3/b7-5-,15-9+/t20?,22-,23-/m0/s1. The third-order valence-electron chi connectivity index (χ3n) is 5.77. The third kappa shape index (κ3) is 11.7. The van der Waals surface area contributed by atoms with Crippen molar-refractivity contribution in [1.82, 2.24) is 0 Å². The smallest absolute Gasteiger partial charge is 0.302 e. The van der Waals surface area contributed by atoms with E-state index in [1.54, 1.807) is 0 Å². The van der Waals surface area contributed by atoms with Gasteiger partial charge < -0.3 is 14.9 Å². The summed E-state index contributed by atoms with van der Waals surface area (Å²) in [4.78, 5) is 10.7. The summed E-state index contributed by atoms with van der Waals surface area (Å²) >= 11 is 0. The summed E-state index contributed by atoms with van der Waals surface area (Å²) in [5, 5.41) is 19.5. The highest BCUT2D eigenvalue weighted by Gasteiger charge is 2.24. The van der Waals surface area contributed by atoms with Crippen LogP contribution in [0.15, 0.2) is 24.3 Å². The van der Waals surface area contributed by atoms with Gasteiger partial charge in [0.25, 0.3) is 0 Å². The van der Waals surface area contributed by atoms with Gasteiger partial charge >= 0.3 is 5.97 Å². The van der Waals surface area contributed by atoms with Crippen molar-refractivity contribution in [2.45, 2.75) is 97.2 Å². The molecule has 0 aromatic carbocycles. The van der Waals surface area contributed by atoms with E-state index in [2.05, 4.69) is 42.9 Å². The molecule has 3 atom stereocenters. The molecule has 162 valence electrons. The van der Waals surface area contributed by atoms with E-state index < -0.39 is 11.8 Å². The minimum absolute atomic E-state index is 0.204. The second-order valence-electron chi connectivity index (χ2n) is 8.62. The summed E-state index contributed by atoms with van der Waals surface area (Å²) in [5.41, 5.74) is 0. The van der Waals surface area contributed by atoms with E-state index in [0.29, 0.717) is 6.42 Å². The van der Waals surface area contributed by atoms with Gasteiger partial charge in [-0.25, -0.2) is 0 Å². The second-order valence-corrected chi connectivity index (χ2v) is 8.62. The van der Waals surface area contributed by atoms with Crippen LogP contribution in [0.2, 0.25) is 0 Å². The van der Waals surface area contributed by atoms with Crippen LogP contribution in [0.3, 0.4) is 0 Å². The predicted molar refractivity (Wildman–Crippen MR) is 115 cm³/mol. The molecule has 1 saturated carbocycles. The van der Waals surface area contributed by atoms with E-state index in [1.165, 1.54) is 51.9 Å². The van der Waals surface area contributed by atoms with Gasteiger partial charge in [0.05, 0.1) is 0 Å². The number of carbonyl (C=O) groups excluding carboxylic acids is 1. The topological polar surface area (TPSA) is 66.8 Å². The Labute approximate surface area is 172 Å². The van der Waals surface area contributed by atoms with Crippen LogP contribution in [0.5, 0.6) is 0 Å². The van der Waals surface area contributed by atoms with Gasteiger partial charge in [-0.05, 0) is 62.7 Å². The number of hydrogen-bond donors (Lipinski definition) is 2. The maximum Gasteiger partial charge on any atom is 0.302 e. The molecule has 4 heteroatoms. The Balaban J connectivity index is 2.21. The van der Waals surface area contributed by atoms with E-state index in [0.717, 1.165) is 30.6 Å². The number of aliphatic hydroxyl groups is 2. The molecular weight excluding hydrogens is 352 g/mol. The molecule has 0 amide bonds. The molecule has 1 rings (SSSR count). The fraction of sp³-hybridized carbons (Fsp3) is 0.792. The SMILES string of the molecule is CCCC(C)CC/C=C/[C@H]1CCC[C@@H]1C/C=C\CCCC(O)(O)COC(C)=O. The molecule has 0 aliphatic heterocycles. The first-order valence-corrected chi connectivity index (χ1v) is 11.2. The average molecular weight is 395 g/mol. The van der Waals surface area contributed by atoms with E-state index in [1.807, 2.05) is 0 Å². The zero-order chi connectivity index (χ0) is 20.8. The lowest BCUT2D eigenvalue weighted by atomic mass is 9.91. The zero-order valence-electron chi connectivity index (χ0n) is 18.2. The molecule has 1 unspecified atom stereocenters. The highest BCUT2D eigenvalue weighted by molar-refractivity contribution is 5.65. The Morgan fingerprint density at radius 1 is 1.18 bits per heavy atom. The summed E-state index contributed by atoms with van der Waals surface area (Å²) < 4.78 is 4.67. The highest BCUT2D eigenvalue weighted by Crippen LogP contribution is 2.35. The van der Waals surface area contributed by atoms with Crippen LogP contribution in [0.4, 0.5) is 0 Å². The lowest BCUT2D eigenvalue weighted by Gasteiger charge is -2.20. The Kier molecular flexibility index (Phi) is 12.4. The third-order valence-corrected chi connectivity index (χ3v) is 5.77. The summed E-state index contributed by atoms with van der Waals surface area (Å²) in [5.74, 6) is -0.113. The van der Waals surface area contributed by atoms with Gasteiger partial charge in [-0.3, -0.25) is 4.79 Å². The first kappa shape index (κ1) is 24.9. The molecular formula is C24H42O4. The fourth-order valence-corrected chi connectivity index (χ4v) is 4.08. The Hall–Kier alpha value is -1.13. The van der Waals surface area contributed by atoms with Gasteiger partial charge in [0.15, 0.2) is 5.79 Å². The Bertz CT molecular complexity index is 481. The highest BCUT2D eigenvalue weighted by atomic mass is 16.6. The number of carbonyl (C=O) groups is 1. The molecule has 4 nitrogen and oxygen atoms in total. The van der Waals surface area contributed by atoms with Crippen LogP contribution in [-0.4, -0.2) is 28.6 Å². The summed E-state index contributed by atoms with van der Waals surface area (Å²) in [7, 11) is 0.